The molecule has 0 saturated heterocycles. The molecule has 0 amide bonds. The monoisotopic (exact) mass is 374 g/mol. The van der Waals surface area contributed by atoms with Crippen LogP contribution in [0.1, 0.15) is 57.3 Å². The van der Waals surface area contributed by atoms with Gasteiger partial charge in [-0.1, -0.05) is 20.8 Å². The van der Waals surface area contributed by atoms with E-state index in [0.29, 0.717) is 18.4 Å². The van der Waals surface area contributed by atoms with Crippen molar-refractivity contribution in [3.8, 4) is 5.75 Å². The fraction of sp³-hybridized carbons (Fsp3) is 0.591. The van der Waals surface area contributed by atoms with E-state index >= 15 is 0 Å². The number of carbonyl (C=O) groups is 1. The summed E-state index contributed by atoms with van der Waals surface area (Å²) in [6.07, 6.45) is 2.52. The van der Waals surface area contributed by atoms with Gasteiger partial charge in [0.15, 0.2) is 0 Å². The van der Waals surface area contributed by atoms with Crippen LogP contribution in [0.5, 0.6) is 5.75 Å². The minimum absolute atomic E-state index is 0.00292. The maximum atomic E-state index is 12.7. The van der Waals surface area contributed by atoms with Gasteiger partial charge in [-0.25, -0.2) is 4.79 Å². The second-order valence-corrected chi connectivity index (χ2v) is 8.83. The van der Waals surface area contributed by atoms with Crippen LogP contribution in [0.2, 0.25) is 0 Å². The number of aliphatic hydroxyl groups is 2. The van der Waals surface area contributed by atoms with Crippen LogP contribution in [0.15, 0.2) is 35.9 Å². The summed E-state index contributed by atoms with van der Waals surface area (Å²) in [6, 6.07) is 5.92. The normalized spacial score (nSPS) is 36.1. The van der Waals surface area contributed by atoms with E-state index < -0.39 is 23.8 Å². The van der Waals surface area contributed by atoms with Crippen molar-refractivity contribution in [1.29, 1.82) is 0 Å². The molecule has 0 spiro atoms. The van der Waals surface area contributed by atoms with Crippen LogP contribution in [0.3, 0.4) is 0 Å². The van der Waals surface area contributed by atoms with Gasteiger partial charge >= 0.3 is 5.97 Å². The molecule has 5 nitrogen and oxygen atoms in total. The Morgan fingerprint density at radius 3 is 2.44 bits per heavy atom. The Bertz CT molecular complexity index is 738. The highest BCUT2D eigenvalue weighted by Gasteiger charge is 2.60. The van der Waals surface area contributed by atoms with E-state index in [1.165, 1.54) is 24.3 Å². The molecule has 1 aromatic rings. The van der Waals surface area contributed by atoms with Crippen molar-refractivity contribution in [2.45, 2.75) is 64.8 Å². The SMILES string of the molecule is CC1=C[C@H](OC(=O)c2ccc(O)cc2)[C@@H]2[C@](C)(CC[C@@]2(O)C(C)C)C[C@@H]1O. The molecular weight excluding hydrogens is 344 g/mol. The lowest BCUT2D eigenvalue weighted by molar-refractivity contribution is -0.104. The summed E-state index contributed by atoms with van der Waals surface area (Å²) in [6.45, 7) is 7.89. The van der Waals surface area contributed by atoms with Crippen molar-refractivity contribution in [1.82, 2.24) is 0 Å². The molecule has 0 radical (unpaired) electrons. The van der Waals surface area contributed by atoms with E-state index in [0.717, 1.165) is 12.0 Å². The fourth-order valence-electron chi connectivity index (χ4n) is 4.92. The summed E-state index contributed by atoms with van der Waals surface area (Å²) in [5, 5.41) is 31.5. The van der Waals surface area contributed by atoms with Crippen LogP contribution < -0.4 is 0 Å². The molecule has 148 valence electrons. The minimum atomic E-state index is -0.963. The number of hydrogen-bond acceptors (Lipinski definition) is 5. The number of esters is 1. The van der Waals surface area contributed by atoms with Gasteiger partial charge in [-0.05, 0) is 73.4 Å². The van der Waals surface area contributed by atoms with E-state index in [2.05, 4.69) is 6.92 Å². The second-order valence-electron chi connectivity index (χ2n) is 8.83. The van der Waals surface area contributed by atoms with Gasteiger partial charge in [-0.15, -0.1) is 0 Å². The number of phenolic OH excluding ortho intramolecular Hbond substituents is 1. The highest BCUT2D eigenvalue weighted by Crippen LogP contribution is 2.58. The molecule has 0 aromatic heterocycles. The number of aliphatic hydroxyl groups excluding tert-OH is 1. The Kier molecular flexibility index (Phi) is 5.12. The minimum Gasteiger partial charge on any atom is -0.508 e. The summed E-state index contributed by atoms with van der Waals surface area (Å²) in [5.74, 6) is -0.709. The summed E-state index contributed by atoms with van der Waals surface area (Å²) >= 11 is 0. The molecule has 3 rings (SSSR count). The third-order valence-corrected chi connectivity index (χ3v) is 6.67. The van der Waals surface area contributed by atoms with E-state index in [9.17, 15) is 20.1 Å². The Hall–Kier alpha value is -1.85. The van der Waals surface area contributed by atoms with Gasteiger partial charge in [-0.3, -0.25) is 0 Å². The van der Waals surface area contributed by atoms with Crippen molar-refractivity contribution < 1.29 is 24.9 Å². The molecular formula is C22H30O5. The van der Waals surface area contributed by atoms with Crippen LogP contribution in [0.25, 0.3) is 0 Å². The molecule has 2 aliphatic carbocycles. The third-order valence-electron chi connectivity index (χ3n) is 6.67. The lowest BCUT2D eigenvalue weighted by atomic mass is 9.67. The molecule has 3 N–H and O–H groups in total. The molecule has 5 heteroatoms. The van der Waals surface area contributed by atoms with Gasteiger partial charge in [0.1, 0.15) is 11.9 Å². The van der Waals surface area contributed by atoms with Crippen LogP contribution in [0.4, 0.5) is 0 Å². The Labute approximate surface area is 160 Å². The van der Waals surface area contributed by atoms with Gasteiger partial charge in [0, 0.05) is 5.92 Å². The maximum absolute atomic E-state index is 12.7. The maximum Gasteiger partial charge on any atom is 0.338 e. The number of ether oxygens (including phenoxy) is 1. The largest absolute Gasteiger partial charge is 0.508 e. The molecule has 1 saturated carbocycles. The first kappa shape index (κ1) is 19.9. The predicted octanol–water partition coefficient (Wildman–Crippen LogP) is 3.43. The standard InChI is InChI=1S/C22H30O5/c1-13(2)22(26)10-9-21(4)12-17(24)14(3)11-18(19(21)22)27-20(25)15-5-7-16(23)8-6-15/h5-8,11,13,17-19,23-24,26H,9-10,12H2,1-4H3/t17-,18-,19+,21+,22+/m0/s1. The highest BCUT2D eigenvalue weighted by atomic mass is 16.5. The van der Waals surface area contributed by atoms with Crippen molar-refractivity contribution in [3.63, 3.8) is 0 Å². The topological polar surface area (TPSA) is 87.0 Å². The van der Waals surface area contributed by atoms with Crippen molar-refractivity contribution >= 4 is 5.97 Å². The number of hydrogen-bond donors (Lipinski definition) is 3. The van der Waals surface area contributed by atoms with Crippen LogP contribution in [-0.4, -0.2) is 39.1 Å². The first-order valence-electron chi connectivity index (χ1n) is 9.65. The average Bonchev–Trinajstić information content (AvgIpc) is 2.81. The Morgan fingerprint density at radius 1 is 1.22 bits per heavy atom. The number of phenols is 1. The summed E-state index contributed by atoms with van der Waals surface area (Å²) in [5.41, 5.74) is -0.182. The summed E-state index contributed by atoms with van der Waals surface area (Å²) in [4.78, 5) is 12.7. The molecule has 1 aromatic carbocycles. The summed E-state index contributed by atoms with van der Waals surface area (Å²) in [7, 11) is 0. The van der Waals surface area contributed by atoms with E-state index in [1.807, 2.05) is 20.8 Å². The molecule has 0 heterocycles. The molecule has 0 bridgehead atoms. The van der Waals surface area contributed by atoms with Gasteiger partial charge in [0.25, 0.3) is 0 Å². The van der Waals surface area contributed by atoms with Crippen molar-refractivity contribution in [2.24, 2.45) is 17.3 Å². The fourth-order valence-corrected chi connectivity index (χ4v) is 4.92. The number of rotatable bonds is 3. The Morgan fingerprint density at radius 2 is 1.85 bits per heavy atom. The Balaban J connectivity index is 1.98. The molecule has 1 fully saturated rings. The number of aromatic hydroxyl groups is 1. The predicted molar refractivity (Wildman–Crippen MR) is 102 cm³/mol. The quantitative estimate of drug-likeness (QED) is 0.557. The first-order valence-corrected chi connectivity index (χ1v) is 9.65. The molecule has 0 aliphatic heterocycles. The average molecular weight is 374 g/mol. The number of fused-ring (bicyclic) bond motifs is 1. The van der Waals surface area contributed by atoms with Crippen LogP contribution in [0, 0.1) is 17.3 Å². The van der Waals surface area contributed by atoms with Gasteiger partial charge in [-0.2, -0.15) is 0 Å². The smallest absolute Gasteiger partial charge is 0.338 e. The zero-order valence-corrected chi connectivity index (χ0v) is 16.5. The summed E-state index contributed by atoms with van der Waals surface area (Å²) < 4.78 is 5.87. The molecule has 27 heavy (non-hydrogen) atoms. The van der Waals surface area contributed by atoms with Crippen LogP contribution >= 0.6 is 0 Å². The lowest BCUT2D eigenvalue weighted by Gasteiger charge is -2.43. The lowest BCUT2D eigenvalue weighted by Crippen LogP contribution is -2.50. The number of carbonyl (C=O) groups excluding carboxylic acids is 1. The van der Waals surface area contributed by atoms with Gasteiger partial charge in [0.2, 0.25) is 0 Å². The second kappa shape index (κ2) is 6.95. The highest BCUT2D eigenvalue weighted by molar-refractivity contribution is 5.89. The van der Waals surface area contributed by atoms with Crippen molar-refractivity contribution in [2.75, 3.05) is 0 Å². The molecule has 2 aliphatic rings. The van der Waals surface area contributed by atoms with Crippen molar-refractivity contribution in [3.05, 3.63) is 41.5 Å². The van der Waals surface area contributed by atoms with E-state index in [4.69, 9.17) is 4.74 Å². The van der Waals surface area contributed by atoms with Crippen LogP contribution in [-0.2, 0) is 4.74 Å². The van der Waals surface area contributed by atoms with E-state index in [1.54, 1.807) is 6.08 Å². The number of benzene rings is 1. The third kappa shape index (κ3) is 3.50. The zero-order valence-electron chi connectivity index (χ0n) is 16.5. The molecule has 5 atom stereocenters. The van der Waals surface area contributed by atoms with E-state index in [-0.39, 0.29) is 23.0 Å². The van der Waals surface area contributed by atoms with Gasteiger partial charge < -0.3 is 20.1 Å². The van der Waals surface area contributed by atoms with Gasteiger partial charge in [0.05, 0.1) is 17.3 Å². The molecule has 0 unspecified atom stereocenters. The zero-order chi connectivity index (χ0) is 20.0. The first-order chi connectivity index (χ1) is 12.6.